The van der Waals surface area contributed by atoms with Crippen LogP contribution >= 0.6 is 11.3 Å². The summed E-state index contributed by atoms with van der Waals surface area (Å²) in [4.78, 5) is 23.3. The molecule has 0 bridgehead atoms. The van der Waals surface area contributed by atoms with Gasteiger partial charge in [-0.1, -0.05) is 18.2 Å². The Kier molecular flexibility index (Phi) is 5.28. The second-order valence-corrected chi connectivity index (χ2v) is 8.19. The first-order chi connectivity index (χ1) is 15.7. The first-order valence-corrected chi connectivity index (χ1v) is 10.9. The van der Waals surface area contributed by atoms with Gasteiger partial charge in [0.1, 0.15) is 6.04 Å². The molecule has 1 atom stereocenters. The van der Waals surface area contributed by atoms with Crippen LogP contribution in [-0.4, -0.2) is 40.8 Å². The number of hydrogen-bond donors (Lipinski definition) is 0. The van der Waals surface area contributed by atoms with Crippen molar-refractivity contribution in [2.45, 2.75) is 12.5 Å². The molecule has 4 aromatic rings. The molecule has 7 nitrogen and oxygen atoms in total. The van der Waals surface area contributed by atoms with E-state index in [1.54, 1.807) is 26.5 Å². The summed E-state index contributed by atoms with van der Waals surface area (Å²) in [5.41, 5.74) is 3.94. The zero-order valence-electron chi connectivity index (χ0n) is 17.6. The van der Waals surface area contributed by atoms with Crippen LogP contribution in [0.25, 0.3) is 11.0 Å². The first kappa shape index (κ1) is 20.1. The normalized spacial score (nSPS) is 15.6. The number of thiophene rings is 1. The average Bonchev–Trinajstić information content (AvgIpc) is 3.53. The van der Waals surface area contributed by atoms with Crippen molar-refractivity contribution in [3.63, 3.8) is 0 Å². The number of fused-ring (bicyclic) bond motifs is 1. The number of carbonyl (C=O) groups is 1. The summed E-state index contributed by atoms with van der Waals surface area (Å²) in [7, 11) is 3.19. The number of para-hydroxylation sites is 2. The summed E-state index contributed by atoms with van der Waals surface area (Å²) in [6.07, 6.45) is 2.24. The molecule has 0 saturated heterocycles. The minimum absolute atomic E-state index is 0.157. The maximum atomic E-state index is 13.3. The zero-order valence-corrected chi connectivity index (χ0v) is 18.4. The van der Waals surface area contributed by atoms with E-state index in [9.17, 15) is 4.79 Å². The molecular weight excluding hydrogens is 424 g/mol. The Morgan fingerprint density at radius 3 is 2.59 bits per heavy atom. The Morgan fingerprint density at radius 2 is 1.84 bits per heavy atom. The van der Waals surface area contributed by atoms with Crippen LogP contribution in [0.15, 0.2) is 71.3 Å². The quantitative estimate of drug-likeness (QED) is 0.446. The van der Waals surface area contributed by atoms with Gasteiger partial charge in [0.2, 0.25) is 0 Å². The molecule has 3 heterocycles. The summed E-state index contributed by atoms with van der Waals surface area (Å²) in [5.74, 6) is 1.09. The van der Waals surface area contributed by atoms with Crippen molar-refractivity contribution in [2.75, 3.05) is 14.2 Å². The van der Waals surface area contributed by atoms with E-state index in [-0.39, 0.29) is 11.9 Å². The van der Waals surface area contributed by atoms with Crippen LogP contribution in [0, 0.1) is 0 Å². The lowest BCUT2D eigenvalue weighted by atomic mass is 10.0. The van der Waals surface area contributed by atoms with Gasteiger partial charge in [-0.05, 0) is 41.8 Å². The van der Waals surface area contributed by atoms with E-state index < -0.39 is 0 Å². The van der Waals surface area contributed by atoms with Gasteiger partial charge in [0.05, 0.1) is 47.7 Å². The van der Waals surface area contributed by atoms with Crippen molar-refractivity contribution in [2.24, 2.45) is 5.10 Å². The molecule has 2 aromatic carbocycles. The number of hydrazone groups is 1. The van der Waals surface area contributed by atoms with Crippen LogP contribution in [0.1, 0.15) is 33.4 Å². The molecule has 0 saturated carbocycles. The fraction of sp³-hybridized carbons (Fsp3) is 0.167. The number of carbonyl (C=O) groups excluding carboxylic acids is 1. The van der Waals surface area contributed by atoms with E-state index in [1.807, 2.05) is 53.9 Å². The van der Waals surface area contributed by atoms with Crippen LogP contribution < -0.4 is 9.47 Å². The van der Waals surface area contributed by atoms with Crippen molar-refractivity contribution < 1.29 is 14.3 Å². The number of ether oxygens (including phenoxy) is 2. The molecule has 8 heteroatoms. The maximum Gasteiger partial charge on any atom is 0.284 e. The van der Waals surface area contributed by atoms with Crippen LogP contribution in [-0.2, 0) is 0 Å². The van der Waals surface area contributed by atoms with Crippen molar-refractivity contribution in [3.05, 3.63) is 82.3 Å². The summed E-state index contributed by atoms with van der Waals surface area (Å²) in [6, 6.07) is 16.6. The number of benzene rings is 2. The lowest BCUT2D eigenvalue weighted by Gasteiger charge is -2.20. The van der Waals surface area contributed by atoms with Crippen LogP contribution in [0.2, 0.25) is 0 Å². The number of aromatic nitrogens is 2. The van der Waals surface area contributed by atoms with Gasteiger partial charge in [0, 0.05) is 12.0 Å². The highest BCUT2D eigenvalue weighted by Crippen LogP contribution is 2.36. The van der Waals surface area contributed by atoms with Gasteiger partial charge >= 0.3 is 0 Å². The molecule has 1 amide bonds. The van der Waals surface area contributed by atoms with Gasteiger partial charge in [-0.3, -0.25) is 9.78 Å². The second-order valence-electron chi connectivity index (χ2n) is 7.25. The predicted octanol–water partition coefficient (Wildman–Crippen LogP) is 4.70. The zero-order chi connectivity index (χ0) is 22.1. The van der Waals surface area contributed by atoms with Gasteiger partial charge in [-0.25, -0.2) is 9.99 Å². The first-order valence-electron chi connectivity index (χ1n) is 10.1. The van der Waals surface area contributed by atoms with Crippen molar-refractivity contribution >= 4 is 34.0 Å². The summed E-state index contributed by atoms with van der Waals surface area (Å²) < 4.78 is 10.8. The molecule has 1 aliphatic heterocycles. The molecule has 0 N–H and O–H groups in total. The van der Waals surface area contributed by atoms with Crippen LogP contribution in [0.5, 0.6) is 11.5 Å². The fourth-order valence-corrected chi connectivity index (χ4v) is 4.42. The smallest absolute Gasteiger partial charge is 0.284 e. The van der Waals surface area contributed by atoms with E-state index in [2.05, 4.69) is 4.98 Å². The molecule has 0 spiro atoms. The van der Waals surface area contributed by atoms with E-state index in [1.165, 1.54) is 16.3 Å². The van der Waals surface area contributed by atoms with Crippen molar-refractivity contribution in [3.8, 4) is 11.5 Å². The number of methoxy groups -OCH3 is 2. The van der Waals surface area contributed by atoms with Crippen LogP contribution in [0.3, 0.4) is 0 Å². The third-order valence-corrected chi connectivity index (χ3v) is 6.23. The third kappa shape index (κ3) is 3.58. The predicted molar refractivity (Wildman–Crippen MR) is 123 cm³/mol. The van der Waals surface area contributed by atoms with E-state index in [4.69, 9.17) is 19.6 Å². The average molecular weight is 445 g/mol. The highest BCUT2D eigenvalue weighted by atomic mass is 32.1. The van der Waals surface area contributed by atoms with E-state index >= 15 is 0 Å². The van der Waals surface area contributed by atoms with Crippen LogP contribution in [0.4, 0.5) is 0 Å². The Morgan fingerprint density at radius 1 is 1.03 bits per heavy atom. The maximum absolute atomic E-state index is 13.3. The monoisotopic (exact) mass is 444 g/mol. The molecule has 1 unspecified atom stereocenters. The second kappa shape index (κ2) is 8.39. The number of hydrogen-bond acceptors (Lipinski definition) is 7. The van der Waals surface area contributed by atoms with Crippen molar-refractivity contribution in [1.29, 1.82) is 0 Å². The molecule has 32 heavy (non-hydrogen) atoms. The van der Waals surface area contributed by atoms with E-state index in [0.29, 0.717) is 28.5 Å². The SMILES string of the molecule is COc1ccc(C2=NN(C(=O)c3cccs3)C(c3cnc4ccccc4n3)C2)cc1OC. The molecule has 2 aromatic heterocycles. The number of amides is 1. The molecule has 0 aliphatic carbocycles. The van der Waals surface area contributed by atoms with Gasteiger partial charge in [0.15, 0.2) is 11.5 Å². The topological polar surface area (TPSA) is 76.9 Å². The lowest BCUT2D eigenvalue weighted by molar-refractivity contribution is 0.0713. The Bertz CT molecular complexity index is 1320. The third-order valence-electron chi connectivity index (χ3n) is 5.38. The van der Waals surface area contributed by atoms with Gasteiger partial charge in [-0.2, -0.15) is 5.10 Å². The minimum atomic E-state index is -0.357. The molecular formula is C24H20N4O3S. The lowest BCUT2D eigenvalue weighted by Crippen LogP contribution is -2.27. The van der Waals surface area contributed by atoms with Gasteiger partial charge < -0.3 is 9.47 Å². The standard InChI is InChI=1S/C24H20N4O3S/c1-30-21-10-9-15(12-22(21)31-2)18-13-20(28(27-18)24(29)23-8-5-11-32-23)19-14-25-16-6-3-4-7-17(16)26-19/h3-12,14,20H,13H2,1-2H3. The number of nitrogens with zero attached hydrogens (tertiary/aromatic N) is 4. The summed E-state index contributed by atoms with van der Waals surface area (Å²) in [6.45, 7) is 0. The molecule has 0 radical (unpaired) electrons. The molecule has 0 fully saturated rings. The number of rotatable bonds is 5. The largest absolute Gasteiger partial charge is 0.493 e. The molecule has 5 rings (SSSR count). The summed E-state index contributed by atoms with van der Waals surface area (Å²) >= 11 is 1.39. The molecule has 160 valence electrons. The van der Waals surface area contributed by atoms with Crippen molar-refractivity contribution in [1.82, 2.24) is 15.0 Å². The molecule has 1 aliphatic rings. The Hall–Kier alpha value is -3.78. The van der Waals surface area contributed by atoms with E-state index in [0.717, 1.165) is 22.3 Å². The summed E-state index contributed by atoms with van der Waals surface area (Å²) in [5, 5.41) is 8.13. The Balaban J connectivity index is 1.56. The minimum Gasteiger partial charge on any atom is -0.493 e. The highest BCUT2D eigenvalue weighted by Gasteiger charge is 2.35. The highest BCUT2D eigenvalue weighted by molar-refractivity contribution is 7.12. The van der Waals surface area contributed by atoms with Gasteiger partial charge in [0.25, 0.3) is 5.91 Å². The fourth-order valence-electron chi connectivity index (χ4n) is 3.76. The Labute approximate surface area is 189 Å². The van der Waals surface area contributed by atoms with Gasteiger partial charge in [-0.15, -0.1) is 11.3 Å².